The molecule has 0 spiro atoms. The Kier molecular flexibility index (Phi) is 4.88. The summed E-state index contributed by atoms with van der Waals surface area (Å²) in [6.45, 7) is 0. The second-order valence-corrected chi connectivity index (χ2v) is 6.26. The largest absolute Gasteiger partial charge is 0.272 e. The van der Waals surface area contributed by atoms with Crippen LogP contribution in [-0.4, -0.2) is 17.1 Å². The molecule has 2 aromatic carbocycles. The van der Waals surface area contributed by atoms with Crippen molar-refractivity contribution in [1.29, 1.82) is 0 Å². The fraction of sp³-hybridized carbons (Fsp3) is 0. The molecule has 1 amide bonds. The van der Waals surface area contributed by atoms with Crippen LogP contribution < -0.4 is 5.43 Å². The van der Waals surface area contributed by atoms with Gasteiger partial charge in [-0.2, -0.15) is 5.10 Å². The summed E-state index contributed by atoms with van der Waals surface area (Å²) in [5, 5.41) is 5.28. The molecule has 1 N–H and O–H groups in total. The summed E-state index contributed by atoms with van der Waals surface area (Å²) < 4.78 is 0.864. The van der Waals surface area contributed by atoms with Crippen LogP contribution in [0.5, 0.6) is 0 Å². The highest BCUT2D eigenvalue weighted by molar-refractivity contribution is 14.1. The number of aromatic nitrogens is 1. The lowest BCUT2D eigenvalue weighted by Gasteiger charge is -2.03. The van der Waals surface area contributed by atoms with Crippen LogP contribution in [0.15, 0.2) is 59.7 Å². The Bertz CT molecular complexity index is 911. The van der Waals surface area contributed by atoms with Crippen LogP contribution in [0, 0.1) is 3.57 Å². The van der Waals surface area contributed by atoms with Crippen LogP contribution in [0.4, 0.5) is 0 Å². The molecule has 0 unspecified atom stereocenters. The minimum Gasteiger partial charge on any atom is -0.267 e. The van der Waals surface area contributed by atoms with Crippen LogP contribution in [-0.2, 0) is 0 Å². The maximum atomic E-state index is 12.1. The number of carbonyl (C=O) groups is 1. The van der Waals surface area contributed by atoms with Crippen molar-refractivity contribution in [2.75, 3.05) is 0 Å². The highest BCUT2D eigenvalue weighted by Crippen LogP contribution is 2.19. The number of hydrogen-bond donors (Lipinski definition) is 1. The van der Waals surface area contributed by atoms with Crippen LogP contribution >= 0.6 is 34.2 Å². The highest BCUT2D eigenvalue weighted by atomic mass is 127. The summed E-state index contributed by atoms with van der Waals surface area (Å²) in [6, 6.07) is 16.8. The lowest BCUT2D eigenvalue weighted by atomic mass is 10.2. The molecule has 0 bridgehead atoms. The molecule has 4 nitrogen and oxygen atoms in total. The smallest absolute Gasteiger partial charge is 0.267 e. The van der Waals surface area contributed by atoms with Crippen molar-refractivity contribution < 1.29 is 4.79 Å². The quantitative estimate of drug-likeness (QED) is 0.289. The Labute approximate surface area is 151 Å². The number of carbonyl (C=O) groups excluding carboxylic acids is 1. The van der Waals surface area contributed by atoms with Crippen molar-refractivity contribution in [3.05, 3.63) is 74.4 Å². The maximum Gasteiger partial charge on any atom is 0.272 e. The molecule has 0 aliphatic rings. The molecule has 6 heteroatoms. The van der Waals surface area contributed by atoms with Crippen LogP contribution in [0.1, 0.15) is 15.9 Å². The van der Waals surface area contributed by atoms with Gasteiger partial charge in [0.05, 0.1) is 17.3 Å². The number of para-hydroxylation sites is 1. The second kappa shape index (κ2) is 7.06. The van der Waals surface area contributed by atoms with E-state index in [1.807, 2.05) is 48.5 Å². The van der Waals surface area contributed by atoms with Gasteiger partial charge >= 0.3 is 0 Å². The molecule has 114 valence electrons. The molecular formula is C17H11ClIN3O. The topological polar surface area (TPSA) is 54.4 Å². The van der Waals surface area contributed by atoms with Gasteiger partial charge < -0.3 is 0 Å². The standard InChI is InChI=1S/C17H11ClIN3O/c18-16-12(9-11-5-1-4-8-15(11)21-16)10-20-22-17(23)13-6-2-3-7-14(13)19/h1-10H,(H,22,23). The predicted octanol–water partition coefficient (Wildman–Crippen LogP) is 4.26. The number of hydrogen-bond acceptors (Lipinski definition) is 3. The number of amides is 1. The van der Waals surface area contributed by atoms with Gasteiger partial charge in [-0.25, -0.2) is 10.4 Å². The Balaban J connectivity index is 1.79. The third-order valence-electron chi connectivity index (χ3n) is 3.19. The van der Waals surface area contributed by atoms with E-state index in [1.165, 1.54) is 6.21 Å². The van der Waals surface area contributed by atoms with Gasteiger partial charge in [0.2, 0.25) is 0 Å². The molecule has 3 aromatic rings. The molecule has 0 fully saturated rings. The van der Waals surface area contributed by atoms with Crippen molar-refractivity contribution in [1.82, 2.24) is 10.4 Å². The van der Waals surface area contributed by atoms with Gasteiger partial charge in [0, 0.05) is 14.5 Å². The number of nitrogens with one attached hydrogen (secondary N) is 1. The van der Waals surface area contributed by atoms with E-state index in [0.717, 1.165) is 14.5 Å². The van der Waals surface area contributed by atoms with Gasteiger partial charge in [0.1, 0.15) is 5.15 Å². The zero-order valence-electron chi connectivity index (χ0n) is 11.8. The highest BCUT2D eigenvalue weighted by Gasteiger charge is 2.08. The van der Waals surface area contributed by atoms with Crippen molar-refractivity contribution >= 4 is 57.2 Å². The van der Waals surface area contributed by atoms with Gasteiger partial charge in [-0.1, -0.05) is 41.9 Å². The fourth-order valence-corrected chi connectivity index (χ4v) is 2.89. The number of hydrazone groups is 1. The van der Waals surface area contributed by atoms with E-state index in [-0.39, 0.29) is 5.91 Å². The van der Waals surface area contributed by atoms with Gasteiger partial charge in [-0.15, -0.1) is 0 Å². The number of benzene rings is 2. The number of halogens is 2. The summed E-state index contributed by atoms with van der Waals surface area (Å²) in [5.41, 5.74) is 4.54. The summed E-state index contributed by atoms with van der Waals surface area (Å²) in [4.78, 5) is 16.4. The first-order chi connectivity index (χ1) is 11.1. The summed E-state index contributed by atoms with van der Waals surface area (Å²) in [5.74, 6) is -0.267. The summed E-state index contributed by atoms with van der Waals surface area (Å²) in [7, 11) is 0. The summed E-state index contributed by atoms with van der Waals surface area (Å²) in [6.07, 6.45) is 1.50. The zero-order chi connectivity index (χ0) is 16.2. The van der Waals surface area contributed by atoms with Crippen molar-refractivity contribution in [2.24, 2.45) is 5.10 Å². The lowest BCUT2D eigenvalue weighted by Crippen LogP contribution is -2.18. The molecule has 0 saturated heterocycles. The number of rotatable bonds is 3. The first kappa shape index (κ1) is 15.9. The average molecular weight is 436 g/mol. The Morgan fingerprint density at radius 2 is 1.91 bits per heavy atom. The van der Waals surface area contributed by atoms with Crippen LogP contribution in [0.25, 0.3) is 10.9 Å². The molecule has 0 atom stereocenters. The number of fused-ring (bicyclic) bond motifs is 1. The normalized spacial score (nSPS) is 11.0. The minimum atomic E-state index is -0.267. The molecule has 0 radical (unpaired) electrons. The minimum absolute atomic E-state index is 0.267. The van der Waals surface area contributed by atoms with Crippen molar-refractivity contribution in [3.63, 3.8) is 0 Å². The molecule has 1 aromatic heterocycles. The predicted molar refractivity (Wildman–Crippen MR) is 101 cm³/mol. The maximum absolute atomic E-state index is 12.1. The van der Waals surface area contributed by atoms with Crippen molar-refractivity contribution in [3.8, 4) is 0 Å². The van der Waals surface area contributed by atoms with E-state index >= 15 is 0 Å². The van der Waals surface area contributed by atoms with E-state index in [4.69, 9.17) is 11.6 Å². The molecule has 1 heterocycles. The lowest BCUT2D eigenvalue weighted by molar-refractivity contribution is 0.0954. The van der Waals surface area contributed by atoms with Crippen LogP contribution in [0.2, 0.25) is 5.15 Å². The van der Waals surface area contributed by atoms with E-state index in [9.17, 15) is 4.79 Å². The van der Waals surface area contributed by atoms with Gasteiger partial charge in [0.15, 0.2) is 0 Å². The third-order valence-corrected chi connectivity index (χ3v) is 4.44. The zero-order valence-corrected chi connectivity index (χ0v) is 14.7. The van der Waals surface area contributed by atoms with E-state index in [2.05, 4.69) is 38.1 Å². The molecule has 3 rings (SSSR count). The third kappa shape index (κ3) is 3.68. The SMILES string of the molecule is O=C(NN=Cc1cc2ccccc2nc1Cl)c1ccccc1I. The average Bonchev–Trinajstić information content (AvgIpc) is 2.55. The molecular weight excluding hydrogens is 425 g/mol. The Morgan fingerprint density at radius 3 is 2.74 bits per heavy atom. The monoisotopic (exact) mass is 435 g/mol. The van der Waals surface area contributed by atoms with Gasteiger partial charge in [0.25, 0.3) is 5.91 Å². The number of pyridine rings is 1. The van der Waals surface area contributed by atoms with Gasteiger partial charge in [-0.3, -0.25) is 4.79 Å². The van der Waals surface area contributed by atoms with Crippen molar-refractivity contribution in [2.45, 2.75) is 0 Å². The summed E-state index contributed by atoms with van der Waals surface area (Å²) >= 11 is 8.25. The molecule has 0 saturated carbocycles. The van der Waals surface area contributed by atoms with E-state index < -0.39 is 0 Å². The molecule has 0 aliphatic heterocycles. The first-order valence-corrected chi connectivity index (χ1v) is 8.24. The fourth-order valence-electron chi connectivity index (χ4n) is 2.07. The molecule has 23 heavy (non-hydrogen) atoms. The second-order valence-electron chi connectivity index (χ2n) is 4.74. The van der Waals surface area contributed by atoms with E-state index in [0.29, 0.717) is 16.3 Å². The Morgan fingerprint density at radius 1 is 1.17 bits per heavy atom. The van der Waals surface area contributed by atoms with E-state index in [1.54, 1.807) is 6.07 Å². The molecule has 0 aliphatic carbocycles. The first-order valence-electron chi connectivity index (χ1n) is 6.78. The Hall–Kier alpha value is -1.99. The van der Waals surface area contributed by atoms with Crippen LogP contribution in [0.3, 0.4) is 0 Å². The number of nitrogens with zero attached hydrogens (tertiary/aromatic N) is 2. The van der Waals surface area contributed by atoms with Gasteiger partial charge in [-0.05, 0) is 46.9 Å².